The Kier molecular flexibility index (Phi) is 4.00. The van der Waals surface area contributed by atoms with Crippen molar-refractivity contribution in [1.82, 2.24) is 4.90 Å². The molecule has 19 heavy (non-hydrogen) atoms. The van der Waals surface area contributed by atoms with Gasteiger partial charge in [0.25, 0.3) is 0 Å². The lowest BCUT2D eigenvalue weighted by atomic mass is 9.99. The Labute approximate surface area is 113 Å². The van der Waals surface area contributed by atoms with E-state index in [-0.39, 0.29) is 5.91 Å². The number of hydrogen-bond donors (Lipinski definition) is 1. The molecule has 2 N–H and O–H groups in total. The van der Waals surface area contributed by atoms with Crippen molar-refractivity contribution in [3.63, 3.8) is 0 Å². The fraction of sp³-hybridized carbons (Fsp3) is 0.467. The molecule has 1 amide bonds. The molecule has 4 nitrogen and oxygen atoms in total. The second kappa shape index (κ2) is 5.53. The fourth-order valence-corrected chi connectivity index (χ4v) is 2.63. The van der Waals surface area contributed by atoms with Gasteiger partial charge in [-0.25, -0.2) is 0 Å². The van der Waals surface area contributed by atoms with Gasteiger partial charge in [-0.2, -0.15) is 0 Å². The lowest BCUT2D eigenvalue weighted by molar-refractivity contribution is -0.139. The molecule has 1 heterocycles. The highest BCUT2D eigenvalue weighted by atomic mass is 16.2. The van der Waals surface area contributed by atoms with Crippen LogP contribution in [0.1, 0.15) is 25.3 Å². The van der Waals surface area contributed by atoms with E-state index >= 15 is 0 Å². The van der Waals surface area contributed by atoms with Crippen LogP contribution in [0, 0.1) is 0 Å². The van der Waals surface area contributed by atoms with Crippen LogP contribution in [-0.2, 0) is 16.0 Å². The Morgan fingerprint density at radius 2 is 2.16 bits per heavy atom. The van der Waals surface area contributed by atoms with Gasteiger partial charge in [-0.3, -0.25) is 4.79 Å². The van der Waals surface area contributed by atoms with Crippen molar-refractivity contribution in [2.24, 2.45) is 5.73 Å². The van der Waals surface area contributed by atoms with E-state index in [2.05, 4.69) is 0 Å². The summed E-state index contributed by atoms with van der Waals surface area (Å²) < 4.78 is 0. The summed E-state index contributed by atoms with van der Waals surface area (Å²) in [5, 5.41) is 0. The average molecular weight is 260 g/mol. The maximum absolute atomic E-state index is 12.4. The first-order chi connectivity index (χ1) is 9.07. The first-order valence-electron chi connectivity index (χ1n) is 6.64. The van der Waals surface area contributed by atoms with Crippen molar-refractivity contribution in [1.29, 1.82) is 0 Å². The second-order valence-electron chi connectivity index (χ2n) is 5.36. The number of hydrogen-bond acceptors (Lipinski definition) is 3. The average Bonchev–Trinajstić information content (AvgIpc) is 2.81. The summed E-state index contributed by atoms with van der Waals surface area (Å²) in [4.78, 5) is 25.2. The molecule has 0 radical (unpaired) electrons. The summed E-state index contributed by atoms with van der Waals surface area (Å²) in [6.45, 7) is 2.43. The van der Waals surface area contributed by atoms with E-state index in [1.54, 1.807) is 11.8 Å². The number of amides is 1. The normalized spacial score (nSPS) is 24.2. The van der Waals surface area contributed by atoms with E-state index in [1.165, 1.54) is 0 Å². The summed E-state index contributed by atoms with van der Waals surface area (Å²) in [5.74, 6) is -0.129. The zero-order valence-electron chi connectivity index (χ0n) is 11.2. The van der Waals surface area contributed by atoms with Gasteiger partial charge in [-0.1, -0.05) is 30.3 Å². The highest BCUT2D eigenvalue weighted by Crippen LogP contribution is 2.27. The molecule has 1 fully saturated rings. The van der Waals surface area contributed by atoms with Crippen LogP contribution in [-0.4, -0.2) is 35.2 Å². The number of aldehydes is 1. The summed E-state index contributed by atoms with van der Waals surface area (Å²) in [6, 6.07) is 9.11. The molecular formula is C15H20N2O2. The third kappa shape index (κ3) is 2.84. The molecule has 0 bridgehead atoms. The van der Waals surface area contributed by atoms with Gasteiger partial charge in [0.2, 0.25) is 5.91 Å². The quantitative estimate of drug-likeness (QED) is 0.826. The molecule has 102 valence electrons. The minimum absolute atomic E-state index is 0.129. The Morgan fingerprint density at radius 3 is 2.79 bits per heavy atom. The van der Waals surface area contributed by atoms with Gasteiger partial charge >= 0.3 is 0 Å². The van der Waals surface area contributed by atoms with Crippen LogP contribution in [0.3, 0.4) is 0 Å². The van der Waals surface area contributed by atoms with Crippen molar-refractivity contribution >= 4 is 12.2 Å². The largest absolute Gasteiger partial charge is 0.329 e. The van der Waals surface area contributed by atoms with Crippen LogP contribution >= 0.6 is 0 Å². The van der Waals surface area contributed by atoms with Crippen LogP contribution in [0.15, 0.2) is 30.3 Å². The van der Waals surface area contributed by atoms with E-state index in [0.29, 0.717) is 13.0 Å². The molecule has 0 spiro atoms. The van der Waals surface area contributed by atoms with Gasteiger partial charge in [0.05, 0.1) is 11.6 Å². The zero-order valence-corrected chi connectivity index (χ0v) is 11.2. The molecule has 0 saturated carbocycles. The van der Waals surface area contributed by atoms with Gasteiger partial charge in [0.15, 0.2) is 0 Å². The molecule has 1 aliphatic heterocycles. The Hall–Kier alpha value is -1.68. The van der Waals surface area contributed by atoms with E-state index in [1.807, 2.05) is 30.3 Å². The fourth-order valence-electron chi connectivity index (χ4n) is 2.63. The van der Waals surface area contributed by atoms with Crippen LogP contribution in [0.2, 0.25) is 0 Å². The molecule has 2 atom stereocenters. The van der Waals surface area contributed by atoms with Crippen molar-refractivity contribution in [3.05, 3.63) is 35.9 Å². The third-order valence-electron chi connectivity index (χ3n) is 3.82. The van der Waals surface area contributed by atoms with Gasteiger partial charge < -0.3 is 15.4 Å². The summed E-state index contributed by atoms with van der Waals surface area (Å²) in [7, 11) is 0. The van der Waals surface area contributed by atoms with Gasteiger partial charge in [-0.05, 0) is 31.7 Å². The van der Waals surface area contributed by atoms with Crippen LogP contribution in [0.4, 0.5) is 0 Å². The number of nitrogens with two attached hydrogens (primary N) is 1. The maximum atomic E-state index is 12.4. The lowest BCUT2D eigenvalue weighted by Gasteiger charge is -2.32. The molecule has 2 rings (SSSR count). The summed E-state index contributed by atoms with van der Waals surface area (Å²) >= 11 is 0. The zero-order chi connectivity index (χ0) is 13.9. The first kappa shape index (κ1) is 13.7. The Bertz CT molecular complexity index is 460. The second-order valence-corrected chi connectivity index (χ2v) is 5.36. The topological polar surface area (TPSA) is 63.4 Å². The lowest BCUT2D eigenvalue weighted by Crippen LogP contribution is -2.53. The van der Waals surface area contributed by atoms with Gasteiger partial charge in [0, 0.05) is 6.54 Å². The number of benzene rings is 1. The minimum Gasteiger partial charge on any atom is -0.329 e. The standard InChI is InChI=1S/C15H20N2O2/c1-15(11-18)8-5-9-17(15)14(19)13(16)10-12-6-3-2-4-7-12/h2-4,6-7,11,13H,5,8-10,16H2,1H3/t13-,15+/m0/s1. The van der Waals surface area contributed by atoms with Crippen molar-refractivity contribution in [3.8, 4) is 0 Å². The Morgan fingerprint density at radius 1 is 1.47 bits per heavy atom. The number of carbonyl (C=O) groups is 2. The highest BCUT2D eigenvalue weighted by molar-refractivity contribution is 5.86. The molecular weight excluding hydrogens is 240 g/mol. The van der Waals surface area contributed by atoms with Crippen molar-refractivity contribution < 1.29 is 9.59 Å². The van der Waals surface area contributed by atoms with E-state index in [0.717, 1.165) is 24.7 Å². The number of likely N-dealkylation sites (tertiary alicyclic amines) is 1. The van der Waals surface area contributed by atoms with Crippen LogP contribution < -0.4 is 5.73 Å². The smallest absolute Gasteiger partial charge is 0.240 e. The molecule has 0 unspecified atom stereocenters. The number of rotatable bonds is 4. The monoisotopic (exact) mass is 260 g/mol. The highest BCUT2D eigenvalue weighted by Gasteiger charge is 2.40. The minimum atomic E-state index is -0.675. The molecule has 1 saturated heterocycles. The van der Waals surface area contributed by atoms with E-state index in [9.17, 15) is 9.59 Å². The van der Waals surface area contributed by atoms with Crippen LogP contribution in [0.5, 0.6) is 0 Å². The SMILES string of the molecule is C[C@]1(C=O)CCCN1C(=O)[C@@H](N)Cc1ccccc1. The first-order valence-corrected chi connectivity index (χ1v) is 6.64. The molecule has 1 aromatic carbocycles. The van der Waals surface area contributed by atoms with Gasteiger partial charge in [0.1, 0.15) is 6.29 Å². The Balaban J connectivity index is 2.05. The number of nitrogens with zero attached hydrogens (tertiary/aromatic N) is 1. The molecule has 4 heteroatoms. The summed E-state index contributed by atoms with van der Waals surface area (Å²) in [5.41, 5.74) is 6.36. The molecule has 1 aliphatic rings. The predicted molar refractivity (Wildman–Crippen MR) is 73.5 cm³/mol. The molecule has 0 aliphatic carbocycles. The maximum Gasteiger partial charge on any atom is 0.240 e. The molecule has 0 aromatic heterocycles. The van der Waals surface area contributed by atoms with Crippen molar-refractivity contribution in [2.75, 3.05) is 6.54 Å². The third-order valence-corrected chi connectivity index (χ3v) is 3.82. The van der Waals surface area contributed by atoms with Crippen LogP contribution in [0.25, 0.3) is 0 Å². The van der Waals surface area contributed by atoms with E-state index < -0.39 is 11.6 Å². The molecule has 1 aromatic rings. The summed E-state index contributed by atoms with van der Waals surface area (Å²) in [6.07, 6.45) is 2.96. The number of carbonyl (C=O) groups excluding carboxylic acids is 2. The van der Waals surface area contributed by atoms with Crippen molar-refractivity contribution in [2.45, 2.75) is 37.8 Å². The van der Waals surface area contributed by atoms with Gasteiger partial charge in [-0.15, -0.1) is 0 Å². The van der Waals surface area contributed by atoms with E-state index in [4.69, 9.17) is 5.73 Å². The predicted octanol–water partition coefficient (Wildman–Crippen LogP) is 1.14.